The molecule has 1 rings (SSSR count). The second kappa shape index (κ2) is 7.10. The summed E-state index contributed by atoms with van der Waals surface area (Å²) in [6.07, 6.45) is 0. The fourth-order valence-corrected chi connectivity index (χ4v) is 1.73. The molecular weight excluding hydrogens is 285 g/mol. The van der Waals surface area contributed by atoms with Gasteiger partial charge in [-0.15, -0.1) is 0 Å². The van der Waals surface area contributed by atoms with Gasteiger partial charge in [0.15, 0.2) is 17.5 Å². The van der Waals surface area contributed by atoms with Crippen molar-refractivity contribution in [3.8, 4) is 0 Å². The van der Waals surface area contributed by atoms with E-state index in [1.165, 1.54) is 11.8 Å². The summed E-state index contributed by atoms with van der Waals surface area (Å²) < 4.78 is 39.2. The largest absolute Gasteiger partial charge is 0.333 e. The molecule has 0 atom stereocenters. The Labute approximate surface area is 120 Å². The lowest BCUT2D eigenvalue weighted by molar-refractivity contribution is -0.133. The van der Waals surface area contributed by atoms with Gasteiger partial charge < -0.3 is 10.2 Å². The maximum Gasteiger partial charge on any atom is 0.244 e. The molecule has 1 N–H and O–H groups in total. The van der Waals surface area contributed by atoms with Crippen molar-refractivity contribution in [2.45, 2.75) is 20.8 Å². The summed E-state index contributed by atoms with van der Waals surface area (Å²) in [5.41, 5.74) is -0.466. The van der Waals surface area contributed by atoms with Crippen LogP contribution in [0.4, 0.5) is 18.9 Å². The Balaban J connectivity index is 2.77. The molecule has 0 heterocycles. The first-order valence-corrected chi connectivity index (χ1v) is 6.41. The predicted molar refractivity (Wildman–Crippen MR) is 72.0 cm³/mol. The van der Waals surface area contributed by atoms with Crippen LogP contribution in [0.3, 0.4) is 0 Å². The summed E-state index contributed by atoms with van der Waals surface area (Å²) in [6, 6.07) is 1.64. The second-order valence-corrected chi connectivity index (χ2v) is 5.06. The molecule has 0 radical (unpaired) electrons. The molecule has 1 aromatic rings. The van der Waals surface area contributed by atoms with Crippen molar-refractivity contribution in [1.82, 2.24) is 4.90 Å². The minimum absolute atomic E-state index is 0.154. The zero-order chi connectivity index (χ0) is 16.2. The van der Waals surface area contributed by atoms with Gasteiger partial charge in [-0.2, -0.15) is 0 Å². The van der Waals surface area contributed by atoms with Crippen molar-refractivity contribution in [3.63, 3.8) is 0 Å². The fraction of sp³-hybridized carbons (Fsp3) is 0.429. The topological polar surface area (TPSA) is 49.4 Å². The number of hydrogen-bond acceptors (Lipinski definition) is 2. The summed E-state index contributed by atoms with van der Waals surface area (Å²) in [5.74, 6) is -5.29. The van der Waals surface area contributed by atoms with Crippen LogP contribution in [0.2, 0.25) is 0 Å². The summed E-state index contributed by atoms with van der Waals surface area (Å²) in [6.45, 7) is 5.15. The van der Waals surface area contributed by atoms with Crippen molar-refractivity contribution in [2.75, 3.05) is 18.4 Å². The molecule has 0 bridgehead atoms. The van der Waals surface area contributed by atoms with Gasteiger partial charge >= 0.3 is 0 Å². The molecule has 4 nitrogen and oxygen atoms in total. The van der Waals surface area contributed by atoms with E-state index >= 15 is 0 Å². The van der Waals surface area contributed by atoms with Gasteiger partial charge in [0.05, 0.1) is 12.2 Å². The maximum absolute atomic E-state index is 13.4. The Kier molecular flexibility index (Phi) is 5.75. The number of nitrogens with one attached hydrogen (secondary N) is 1. The number of carbonyl (C=O) groups is 2. The third-order valence-corrected chi connectivity index (χ3v) is 2.67. The molecule has 0 aliphatic heterocycles. The molecule has 0 saturated carbocycles. The molecule has 21 heavy (non-hydrogen) atoms. The molecule has 0 unspecified atom stereocenters. The third kappa shape index (κ3) is 4.77. The number of benzene rings is 1. The number of amides is 2. The summed E-state index contributed by atoms with van der Waals surface area (Å²) in [4.78, 5) is 24.5. The molecule has 0 aromatic heterocycles. The van der Waals surface area contributed by atoms with Crippen LogP contribution in [0, 0.1) is 23.4 Å². The van der Waals surface area contributed by atoms with Crippen LogP contribution < -0.4 is 5.32 Å². The standard InChI is InChI=1S/C14H17F3N2O2/c1-8(2)6-19(9(3)20)7-12(21)18-11-5-4-10(15)13(16)14(11)17/h4-5,8H,6-7H2,1-3H3,(H,18,21). The average molecular weight is 302 g/mol. The number of rotatable bonds is 5. The molecule has 1 aromatic carbocycles. The number of halogens is 3. The molecule has 116 valence electrons. The van der Waals surface area contributed by atoms with Crippen molar-refractivity contribution in [2.24, 2.45) is 5.92 Å². The SMILES string of the molecule is CC(=O)N(CC(=O)Nc1ccc(F)c(F)c1F)CC(C)C. The van der Waals surface area contributed by atoms with E-state index in [1.54, 1.807) is 0 Å². The number of nitrogens with zero attached hydrogens (tertiary/aromatic N) is 1. The van der Waals surface area contributed by atoms with Gasteiger partial charge in [0.25, 0.3) is 0 Å². The Morgan fingerprint density at radius 1 is 1.19 bits per heavy atom. The quantitative estimate of drug-likeness (QED) is 0.850. The Morgan fingerprint density at radius 3 is 2.33 bits per heavy atom. The smallest absolute Gasteiger partial charge is 0.244 e. The Morgan fingerprint density at radius 2 is 1.81 bits per heavy atom. The first-order valence-electron chi connectivity index (χ1n) is 6.41. The predicted octanol–water partition coefficient (Wildman–Crippen LogP) is 2.55. The molecule has 2 amide bonds. The van der Waals surface area contributed by atoms with Crippen LogP contribution in [0.15, 0.2) is 12.1 Å². The highest BCUT2D eigenvalue weighted by Crippen LogP contribution is 2.19. The molecule has 7 heteroatoms. The van der Waals surface area contributed by atoms with Gasteiger partial charge in [-0.05, 0) is 18.1 Å². The van der Waals surface area contributed by atoms with Crippen molar-refractivity contribution in [1.29, 1.82) is 0 Å². The highest BCUT2D eigenvalue weighted by atomic mass is 19.2. The monoisotopic (exact) mass is 302 g/mol. The van der Waals surface area contributed by atoms with E-state index in [0.717, 1.165) is 6.07 Å². The van der Waals surface area contributed by atoms with E-state index in [-0.39, 0.29) is 18.4 Å². The lowest BCUT2D eigenvalue weighted by Crippen LogP contribution is -2.39. The summed E-state index contributed by atoms with van der Waals surface area (Å²) >= 11 is 0. The van der Waals surface area contributed by atoms with E-state index in [9.17, 15) is 22.8 Å². The van der Waals surface area contributed by atoms with Gasteiger partial charge in [0.1, 0.15) is 0 Å². The van der Waals surface area contributed by atoms with E-state index < -0.39 is 29.0 Å². The lowest BCUT2D eigenvalue weighted by atomic mass is 10.2. The summed E-state index contributed by atoms with van der Waals surface area (Å²) in [5, 5.41) is 2.12. The van der Waals surface area contributed by atoms with Gasteiger partial charge in [-0.3, -0.25) is 9.59 Å². The maximum atomic E-state index is 13.4. The lowest BCUT2D eigenvalue weighted by Gasteiger charge is -2.22. The summed E-state index contributed by atoms with van der Waals surface area (Å²) in [7, 11) is 0. The highest BCUT2D eigenvalue weighted by Gasteiger charge is 2.18. The molecule has 0 aliphatic carbocycles. The van der Waals surface area contributed by atoms with Gasteiger partial charge in [0, 0.05) is 13.5 Å². The van der Waals surface area contributed by atoms with E-state index in [2.05, 4.69) is 5.32 Å². The van der Waals surface area contributed by atoms with Crippen molar-refractivity contribution >= 4 is 17.5 Å². The molecule has 0 aliphatic rings. The van der Waals surface area contributed by atoms with Crippen LogP contribution in [0.5, 0.6) is 0 Å². The van der Waals surface area contributed by atoms with Crippen molar-refractivity contribution < 1.29 is 22.8 Å². The molecular formula is C14H17F3N2O2. The average Bonchev–Trinajstić information content (AvgIpc) is 2.38. The third-order valence-electron chi connectivity index (χ3n) is 2.67. The number of anilines is 1. The van der Waals surface area contributed by atoms with Gasteiger partial charge in [-0.25, -0.2) is 13.2 Å². The zero-order valence-electron chi connectivity index (χ0n) is 12.0. The second-order valence-electron chi connectivity index (χ2n) is 5.06. The van der Waals surface area contributed by atoms with Crippen LogP contribution in [0.1, 0.15) is 20.8 Å². The fourth-order valence-electron chi connectivity index (χ4n) is 1.73. The van der Waals surface area contributed by atoms with Gasteiger partial charge in [-0.1, -0.05) is 13.8 Å². The van der Waals surface area contributed by atoms with E-state index in [0.29, 0.717) is 12.6 Å². The minimum Gasteiger partial charge on any atom is -0.333 e. The number of hydrogen-bond donors (Lipinski definition) is 1. The molecule has 0 fully saturated rings. The van der Waals surface area contributed by atoms with Gasteiger partial charge in [0.2, 0.25) is 11.8 Å². The van der Waals surface area contributed by atoms with Crippen LogP contribution >= 0.6 is 0 Å². The van der Waals surface area contributed by atoms with Crippen LogP contribution in [-0.4, -0.2) is 29.8 Å². The van der Waals surface area contributed by atoms with Crippen LogP contribution in [-0.2, 0) is 9.59 Å². The minimum atomic E-state index is -1.65. The Bertz CT molecular complexity index is 547. The van der Waals surface area contributed by atoms with E-state index in [1.807, 2.05) is 13.8 Å². The van der Waals surface area contributed by atoms with Crippen LogP contribution in [0.25, 0.3) is 0 Å². The highest BCUT2D eigenvalue weighted by molar-refractivity contribution is 5.94. The first kappa shape index (κ1) is 17.0. The first-order chi connectivity index (χ1) is 9.72. The molecule has 0 saturated heterocycles. The Hall–Kier alpha value is -2.05. The molecule has 0 spiro atoms. The number of carbonyl (C=O) groups excluding carboxylic acids is 2. The zero-order valence-corrected chi connectivity index (χ0v) is 12.0. The van der Waals surface area contributed by atoms with E-state index in [4.69, 9.17) is 0 Å². The normalized spacial score (nSPS) is 10.6. The van der Waals surface area contributed by atoms with Crippen molar-refractivity contribution in [3.05, 3.63) is 29.6 Å².